The summed E-state index contributed by atoms with van der Waals surface area (Å²) in [5.41, 5.74) is 1.27. The van der Waals surface area contributed by atoms with Gasteiger partial charge in [0.2, 0.25) is 0 Å². The summed E-state index contributed by atoms with van der Waals surface area (Å²) >= 11 is 1.85. The van der Waals surface area contributed by atoms with Crippen molar-refractivity contribution in [3.05, 3.63) is 11.9 Å². The third-order valence-corrected chi connectivity index (χ3v) is 3.64. The zero-order chi connectivity index (χ0) is 12.7. The van der Waals surface area contributed by atoms with Crippen LogP contribution in [0.1, 0.15) is 39.2 Å². The second-order valence-corrected chi connectivity index (χ2v) is 5.62. The number of nitrogens with one attached hydrogen (secondary N) is 1. The van der Waals surface area contributed by atoms with Gasteiger partial charge in [-0.2, -0.15) is 0 Å². The quantitative estimate of drug-likeness (QED) is 0.595. The fourth-order valence-corrected chi connectivity index (χ4v) is 2.88. The fraction of sp³-hybridized carbons (Fsp3) is 0.692. The first-order valence-electron chi connectivity index (χ1n) is 6.33. The van der Waals surface area contributed by atoms with E-state index in [2.05, 4.69) is 36.1 Å². The zero-order valence-corrected chi connectivity index (χ0v) is 12.1. The normalized spacial score (nSPS) is 10.9. The number of hydrogen-bond donors (Lipinski definition) is 1. The molecule has 0 aliphatic heterocycles. The van der Waals surface area contributed by atoms with E-state index in [4.69, 9.17) is 0 Å². The van der Waals surface area contributed by atoms with Crippen LogP contribution in [0.5, 0.6) is 0 Å². The molecule has 0 saturated heterocycles. The largest absolute Gasteiger partial charge is 0.373 e. The van der Waals surface area contributed by atoms with Crippen LogP contribution in [0.25, 0.3) is 0 Å². The highest BCUT2D eigenvalue weighted by Crippen LogP contribution is 2.27. The molecule has 1 heterocycles. The Morgan fingerprint density at radius 1 is 1.35 bits per heavy atom. The highest BCUT2D eigenvalue weighted by Gasteiger charge is 2.10. The summed E-state index contributed by atoms with van der Waals surface area (Å²) in [6.45, 7) is 6.70. The Balaban J connectivity index is 2.75. The standard InChI is InChI=1S/C13H23N3S/c1-5-6-11-12(14-4)15-9-16-13(11)17-8-7-10(2)3/h9-10H,5-8H2,1-4H3,(H,14,15,16). The summed E-state index contributed by atoms with van der Waals surface area (Å²) in [5, 5.41) is 4.30. The van der Waals surface area contributed by atoms with Gasteiger partial charge in [0.25, 0.3) is 0 Å². The molecule has 1 N–H and O–H groups in total. The second-order valence-electron chi connectivity index (χ2n) is 4.54. The van der Waals surface area contributed by atoms with Gasteiger partial charge in [-0.25, -0.2) is 9.97 Å². The van der Waals surface area contributed by atoms with E-state index in [1.54, 1.807) is 6.33 Å². The molecular weight excluding hydrogens is 230 g/mol. The topological polar surface area (TPSA) is 37.8 Å². The molecule has 4 heteroatoms. The number of nitrogens with zero attached hydrogens (tertiary/aromatic N) is 2. The highest BCUT2D eigenvalue weighted by atomic mass is 32.2. The molecule has 0 bridgehead atoms. The maximum absolute atomic E-state index is 4.41. The predicted molar refractivity (Wildman–Crippen MR) is 75.8 cm³/mol. The molecule has 0 amide bonds. The molecule has 96 valence electrons. The summed E-state index contributed by atoms with van der Waals surface area (Å²) < 4.78 is 0. The van der Waals surface area contributed by atoms with E-state index in [0.717, 1.165) is 35.4 Å². The van der Waals surface area contributed by atoms with Crippen LogP contribution in [0.2, 0.25) is 0 Å². The average Bonchev–Trinajstić information content (AvgIpc) is 2.30. The molecule has 0 atom stereocenters. The molecule has 1 rings (SSSR count). The molecule has 17 heavy (non-hydrogen) atoms. The molecule has 1 aromatic heterocycles. The van der Waals surface area contributed by atoms with Crippen LogP contribution in [0, 0.1) is 5.92 Å². The molecule has 0 aliphatic rings. The highest BCUT2D eigenvalue weighted by molar-refractivity contribution is 7.99. The van der Waals surface area contributed by atoms with E-state index in [-0.39, 0.29) is 0 Å². The van der Waals surface area contributed by atoms with Gasteiger partial charge in [-0.1, -0.05) is 27.2 Å². The first kappa shape index (κ1) is 14.3. The lowest BCUT2D eigenvalue weighted by atomic mass is 10.2. The van der Waals surface area contributed by atoms with Crippen molar-refractivity contribution < 1.29 is 0 Å². The number of hydrogen-bond acceptors (Lipinski definition) is 4. The van der Waals surface area contributed by atoms with Crippen LogP contribution >= 0.6 is 11.8 Å². The van der Waals surface area contributed by atoms with E-state index in [0.29, 0.717) is 0 Å². The minimum absolute atomic E-state index is 0.753. The van der Waals surface area contributed by atoms with E-state index >= 15 is 0 Å². The molecule has 0 fully saturated rings. The summed E-state index contributed by atoms with van der Waals surface area (Å²) in [4.78, 5) is 8.70. The van der Waals surface area contributed by atoms with Gasteiger partial charge in [-0.05, 0) is 24.5 Å². The molecule has 1 aromatic rings. The van der Waals surface area contributed by atoms with E-state index in [9.17, 15) is 0 Å². The van der Waals surface area contributed by atoms with Crippen molar-refractivity contribution in [2.24, 2.45) is 5.92 Å². The lowest BCUT2D eigenvalue weighted by Gasteiger charge is -2.11. The van der Waals surface area contributed by atoms with Gasteiger partial charge in [0.1, 0.15) is 17.2 Å². The molecule has 0 aromatic carbocycles. The van der Waals surface area contributed by atoms with Crippen molar-refractivity contribution in [2.45, 2.75) is 45.1 Å². The third kappa shape index (κ3) is 4.54. The van der Waals surface area contributed by atoms with Crippen molar-refractivity contribution in [1.29, 1.82) is 0 Å². The van der Waals surface area contributed by atoms with Crippen LogP contribution in [-0.4, -0.2) is 22.8 Å². The monoisotopic (exact) mass is 253 g/mol. The fourth-order valence-electron chi connectivity index (χ4n) is 1.60. The van der Waals surface area contributed by atoms with Crippen molar-refractivity contribution in [2.75, 3.05) is 18.1 Å². The van der Waals surface area contributed by atoms with Gasteiger partial charge in [-0.15, -0.1) is 11.8 Å². The van der Waals surface area contributed by atoms with Crippen molar-refractivity contribution in [1.82, 2.24) is 9.97 Å². The van der Waals surface area contributed by atoms with Gasteiger partial charge in [0.05, 0.1) is 0 Å². The first-order valence-corrected chi connectivity index (χ1v) is 7.32. The second kappa shape index (κ2) is 7.54. The average molecular weight is 253 g/mol. The summed E-state index contributed by atoms with van der Waals surface area (Å²) in [6, 6.07) is 0. The van der Waals surface area contributed by atoms with Crippen LogP contribution in [0.3, 0.4) is 0 Å². The minimum atomic E-state index is 0.753. The Kier molecular flexibility index (Phi) is 6.34. The Labute approximate surface area is 109 Å². The Morgan fingerprint density at radius 2 is 2.12 bits per heavy atom. The maximum Gasteiger partial charge on any atom is 0.133 e. The SMILES string of the molecule is CCCc1c(NC)ncnc1SCCC(C)C. The van der Waals surface area contributed by atoms with Gasteiger partial charge < -0.3 is 5.32 Å². The molecule has 0 spiro atoms. The third-order valence-electron chi connectivity index (χ3n) is 2.58. The molecule has 3 nitrogen and oxygen atoms in total. The number of thioether (sulfide) groups is 1. The predicted octanol–water partition coefficient (Wildman–Crippen LogP) is 3.61. The Bertz CT molecular complexity index is 339. The van der Waals surface area contributed by atoms with Crippen LogP contribution in [0.4, 0.5) is 5.82 Å². The van der Waals surface area contributed by atoms with Crippen LogP contribution in [0.15, 0.2) is 11.4 Å². The van der Waals surface area contributed by atoms with Crippen molar-refractivity contribution in [3.63, 3.8) is 0 Å². The molecule has 0 saturated carbocycles. The lowest BCUT2D eigenvalue weighted by Crippen LogP contribution is -2.03. The number of aromatic nitrogens is 2. The van der Waals surface area contributed by atoms with Crippen molar-refractivity contribution in [3.8, 4) is 0 Å². The van der Waals surface area contributed by atoms with Gasteiger partial charge in [0, 0.05) is 12.6 Å². The summed E-state index contributed by atoms with van der Waals surface area (Å²) in [7, 11) is 1.92. The molecular formula is C13H23N3S. The van der Waals surface area contributed by atoms with Gasteiger partial charge in [0.15, 0.2) is 0 Å². The summed E-state index contributed by atoms with van der Waals surface area (Å²) in [6.07, 6.45) is 5.05. The van der Waals surface area contributed by atoms with Gasteiger partial charge in [-0.3, -0.25) is 0 Å². The first-order chi connectivity index (χ1) is 8.19. The minimum Gasteiger partial charge on any atom is -0.373 e. The Hall–Kier alpha value is -0.770. The number of anilines is 1. The summed E-state index contributed by atoms with van der Waals surface area (Å²) in [5.74, 6) is 2.87. The van der Waals surface area contributed by atoms with E-state index in [1.165, 1.54) is 12.0 Å². The molecule has 0 aliphatic carbocycles. The van der Waals surface area contributed by atoms with Crippen LogP contribution in [-0.2, 0) is 6.42 Å². The van der Waals surface area contributed by atoms with Crippen LogP contribution < -0.4 is 5.32 Å². The maximum atomic E-state index is 4.41. The van der Waals surface area contributed by atoms with Gasteiger partial charge >= 0.3 is 0 Å². The Morgan fingerprint density at radius 3 is 2.71 bits per heavy atom. The van der Waals surface area contributed by atoms with E-state index in [1.807, 2.05) is 18.8 Å². The molecule has 0 unspecified atom stereocenters. The molecule has 0 radical (unpaired) electrons. The lowest BCUT2D eigenvalue weighted by molar-refractivity contribution is 0.631. The smallest absolute Gasteiger partial charge is 0.133 e. The van der Waals surface area contributed by atoms with E-state index < -0.39 is 0 Å². The number of rotatable bonds is 7. The zero-order valence-electron chi connectivity index (χ0n) is 11.3. The van der Waals surface area contributed by atoms with Crippen molar-refractivity contribution >= 4 is 17.6 Å².